The number of likely N-dealkylation sites (tertiary alicyclic amines) is 1. The maximum Gasteiger partial charge on any atom is 0.273 e. The molecule has 1 aliphatic rings. The number of aromatic nitrogens is 1. The lowest BCUT2D eigenvalue weighted by molar-refractivity contribution is 0.0944. The zero-order chi connectivity index (χ0) is 17.5. The van der Waals surface area contributed by atoms with Crippen LogP contribution in [0.15, 0.2) is 28.1 Å². The second-order valence-corrected chi connectivity index (χ2v) is 7.23. The summed E-state index contributed by atoms with van der Waals surface area (Å²) in [4.78, 5) is 15.4. The summed E-state index contributed by atoms with van der Waals surface area (Å²) in [5.41, 5.74) is 0.322. The van der Waals surface area contributed by atoms with Crippen molar-refractivity contribution in [3.63, 3.8) is 0 Å². The van der Waals surface area contributed by atoms with Gasteiger partial charge in [0.05, 0.1) is 16.9 Å². The van der Waals surface area contributed by atoms with Gasteiger partial charge >= 0.3 is 0 Å². The van der Waals surface area contributed by atoms with E-state index in [9.17, 15) is 4.79 Å². The summed E-state index contributed by atoms with van der Waals surface area (Å²) in [6.45, 7) is 3.63. The van der Waals surface area contributed by atoms with E-state index < -0.39 is 0 Å². The molecule has 1 saturated heterocycles. The summed E-state index contributed by atoms with van der Waals surface area (Å²) in [5, 5.41) is 17.6. The summed E-state index contributed by atoms with van der Waals surface area (Å²) in [7, 11) is 0. The Morgan fingerprint density at radius 2 is 2.40 bits per heavy atom. The van der Waals surface area contributed by atoms with Gasteiger partial charge in [-0.2, -0.15) is 5.26 Å². The molecule has 1 fully saturated rings. The first-order valence-electron chi connectivity index (χ1n) is 8.67. The van der Waals surface area contributed by atoms with Crippen molar-refractivity contribution in [3.05, 3.63) is 29.3 Å². The van der Waals surface area contributed by atoms with Crippen molar-refractivity contribution in [1.82, 2.24) is 15.4 Å². The van der Waals surface area contributed by atoms with Gasteiger partial charge in [0.15, 0.2) is 11.5 Å². The van der Waals surface area contributed by atoms with Crippen molar-refractivity contribution in [2.45, 2.75) is 25.7 Å². The molecular formula is C18H22N4O2S. The number of amides is 1. The smallest absolute Gasteiger partial charge is 0.273 e. The van der Waals surface area contributed by atoms with Crippen LogP contribution >= 0.6 is 11.3 Å². The molecular weight excluding hydrogens is 336 g/mol. The van der Waals surface area contributed by atoms with E-state index in [1.807, 2.05) is 17.5 Å². The van der Waals surface area contributed by atoms with E-state index in [2.05, 4.69) is 21.4 Å². The topological polar surface area (TPSA) is 82.2 Å². The van der Waals surface area contributed by atoms with Gasteiger partial charge in [-0.3, -0.25) is 4.79 Å². The fourth-order valence-electron chi connectivity index (χ4n) is 2.99. The normalized spacial score (nSPS) is 17.5. The maximum atomic E-state index is 12.1. The molecule has 0 aromatic carbocycles. The summed E-state index contributed by atoms with van der Waals surface area (Å²) < 4.78 is 5.22. The lowest BCUT2D eigenvalue weighted by Gasteiger charge is -2.14. The first-order valence-corrected chi connectivity index (χ1v) is 9.55. The first-order chi connectivity index (χ1) is 12.3. The van der Waals surface area contributed by atoms with E-state index in [4.69, 9.17) is 9.78 Å². The van der Waals surface area contributed by atoms with Crippen LogP contribution in [0.2, 0.25) is 0 Å². The van der Waals surface area contributed by atoms with Gasteiger partial charge in [-0.25, -0.2) is 0 Å². The molecule has 0 radical (unpaired) electrons. The Morgan fingerprint density at radius 3 is 3.16 bits per heavy atom. The molecule has 1 aliphatic heterocycles. The third-order valence-corrected chi connectivity index (χ3v) is 5.28. The predicted molar refractivity (Wildman–Crippen MR) is 96.2 cm³/mol. The van der Waals surface area contributed by atoms with Crippen molar-refractivity contribution < 1.29 is 9.32 Å². The highest BCUT2D eigenvalue weighted by molar-refractivity contribution is 7.13. The molecule has 132 valence electrons. The molecule has 6 nitrogen and oxygen atoms in total. The van der Waals surface area contributed by atoms with Crippen molar-refractivity contribution >= 4 is 17.2 Å². The molecule has 0 bridgehead atoms. The number of rotatable bonds is 8. The average Bonchev–Trinajstić information content (AvgIpc) is 3.38. The minimum Gasteiger partial charge on any atom is -0.355 e. The lowest BCUT2D eigenvalue weighted by Crippen LogP contribution is -2.25. The van der Waals surface area contributed by atoms with Gasteiger partial charge in [-0.05, 0) is 43.8 Å². The number of unbranched alkanes of at least 4 members (excludes halogenated alkanes) is 2. The van der Waals surface area contributed by atoms with E-state index in [0.717, 1.165) is 50.2 Å². The number of carbonyl (C=O) groups excluding carboxylic acids is 1. The average molecular weight is 358 g/mol. The van der Waals surface area contributed by atoms with E-state index >= 15 is 0 Å². The van der Waals surface area contributed by atoms with Crippen molar-refractivity contribution in [2.75, 3.05) is 26.2 Å². The Bertz CT molecular complexity index is 720. The molecule has 0 spiro atoms. The van der Waals surface area contributed by atoms with Crippen molar-refractivity contribution in [1.29, 1.82) is 5.26 Å². The predicted octanol–water partition coefficient (Wildman–Crippen LogP) is 3.15. The van der Waals surface area contributed by atoms with Gasteiger partial charge < -0.3 is 14.7 Å². The third-order valence-electron chi connectivity index (χ3n) is 4.40. The highest BCUT2D eigenvalue weighted by Gasteiger charge is 2.21. The van der Waals surface area contributed by atoms with Gasteiger partial charge in [0.1, 0.15) is 0 Å². The van der Waals surface area contributed by atoms with Gasteiger partial charge in [0, 0.05) is 19.2 Å². The summed E-state index contributed by atoms with van der Waals surface area (Å²) in [5.74, 6) is 0.644. The van der Waals surface area contributed by atoms with E-state index in [0.29, 0.717) is 18.0 Å². The highest BCUT2D eigenvalue weighted by atomic mass is 32.1. The first kappa shape index (κ1) is 17.6. The largest absolute Gasteiger partial charge is 0.355 e. The summed E-state index contributed by atoms with van der Waals surface area (Å²) >= 11 is 1.55. The number of nitriles is 1. The molecule has 3 heterocycles. The number of hydrogen-bond donors (Lipinski definition) is 1. The number of hydrogen-bond acceptors (Lipinski definition) is 6. The minimum absolute atomic E-state index is 0.192. The van der Waals surface area contributed by atoms with Crippen LogP contribution in [-0.4, -0.2) is 42.1 Å². The summed E-state index contributed by atoms with van der Waals surface area (Å²) in [6, 6.07) is 7.89. The Balaban J connectivity index is 1.30. The Hall–Kier alpha value is -2.17. The molecule has 1 amide bonds. The molecule has 0 saturated carbocycles. The van der Waals surface area contributed by atoms with Crippen LogP contribution in [0.1, 0.15) is 36.2 Å². The molecule has 3 rings (SSSR count). The molecule has 1 N–H and O–H groups in total. The molecule has 2 aromatic rings. The van der Waals surface area contributed by atoms with Crippen LogP contribution in [0.4, 0.5) is 0 Å². The number of thiophene rings is 1. The van der Waals surface area contributed by atoms with Crippen LogP contribution in [-0.2, 0) is 0 Å². The highest BCUT2D eigenvalue weighted by Crippen LogP contribution is 2.25. The zero-order valence-electron chi connectivity index (χ0n) is 14.1. The number of nitrogens with one attached hydrogen (secondary N) is 1. The third kappa shape index (κ3) is 4.91. The molecule has 7 heteroatoms. The standard InChI is InChI=1S/C18H22N4O2S/c19-12-14-6-9-22(13-14)8-3-1-2-7-20-18(23)15-11-16(24-21-15)17-5-4-10-25-17/h4-5,10-11,14H,1-3,6-9,13H2,(H,20,23). The number of nitrogens with zero attached hydrogens (tertiary/aromatic N) is 3. The van der Waals surface area contributed by atoms with Crippen molar-refractivity contribution in [2.24, 2.45) is 5.92 Å². The quantitative estimate of drug-likeness (QED) is 0.733. The molecule has 0 aliphatic carbocycles. The van der Waals surface area contributed by atoms with Gasteiger partial charge in [0.2, 0.25) is 0 Å². The van der Waals surface area contributed by atoms with Crippen LogP contribution < -0.4 is 5.32 Å². The van der Waals surface area contributed by atoms with Crippen LogP contribution in [0.5, 0.6) is 0 Å². The Morgan fingerprint density at radius 1 is 1.48 bits per heavy atom. The molecule has 1 atom stereocenters. The maximum absolute atomic E-state index is 12.1. The zero-order valence-corrected chi connectivity index (χ0v) is 14.9. The second kappa shape index (κ2) is 8.79. The van der Waals surface area contributed by atoms with Crippen LogP contribution in [0.25, 0.3) is 10.6 Å². The van der Waals surface area contributed by atoms with Gasteiger partial charge in [-0.15, -0.1) is 11.3 Å². The fraction of sp³-hybridized carbons (Fsp3) is 0.500. The molecule has 2 aromatic heterocycles. The molecule has 1 unspecified atom stereocenters. The van der Waals surface area contributed by atoms with E-state index in [1.54, 1.807) is 17.4 Å². The van der Waals surface area contributed by atoms with Gasteiger partial charge in [-0.1, -0.05) is 17.6 Å². The fourth-order valence-corrected chi connectivity index (χ4v) is 3.66. The van der Waals surface area contributed by atoms with Crippen LogP contribution in [0, 0.1) is 17.2 Å². The minimum atomic E-state index is -0.192. The van der Waals surface area contributed by atoms with Crippen LogP contribution in [0.3, 0.4) is 0 Å². The Labute approximate surface area is 151 Å². The molecule has 25 heavy (non-hydrogen) atoms. The second-order valence-electron chi connectivity index (χ2n) is 6.29. The lowest BCUT2D eigenvalue weighted by atomic mass is 10.1. The SMILES string of the molecule is N#CC1CCN(CCCCCNC(=O)c2cc(-c3cccs3)on2)C1. The number of carbonyl (C=O) groups is 1. The van der Waals surface area contributed by atoms with Crippen molar-refractivity contribution in [3.8, 4) is 16.7 Å². The van der Waals surface area contributed by atoms with Gasteiger partial charge in [0.25, 0.3) is 5.91 Å². The van der Waals surface area contributed by atoms with E-state index in [1.165, 1.54) is 0 Å². The van der Waals surface area contributed by atoms with E-state index in [-0.39, 0.29) is 11.8 Å². The Kier molecular flexibility index (Phi) is 6.20. The summed E-state index contributed by atoms with van der Waals surface area (Å²) in [6.07, 6.45) is 4.10. The monoisotopic (exact) mass is 358 g/mol.